The van der Waals surface area contributed by atoms with Crippen molar-refractivity contribution < 1.29 is 4.74 Å². The van der Waals surface area contributed by atoms with Crippen LogP contribution in [0.15, 0.2) is 22.7 Å². The summed E-state index contributed by atoms with van der Waals surface area (Å²) in [6.07, 6.45) is 3.63. The van der Waals surface area contributed by atoms with Gasteiger partial charge in [0, 0.05) is 23.7 Å². The summed E-state index contributed by atoms with van der Waals surface area (Å²) in [6.45, 7) is 7.27. The van der Waals surface area contributed by atoms with Crippen LogP contribution in [0.2, 0.25) is 0 Å². The molecule has 1 N–H and O–H groups in total. The second-order valence-electron chi connectivity index (χ2n) is 5.40. The predicted molar refractivity (Wildman–Crippen MR) is 83.5 cm³/mol. The first-order chi connectivity index (χ1) is 9.20. The third kappa shape index (κ3) is 4.30. The highest BCUT2D eigenvalue weighted by Crippen LogP contribution is 2.30. The molecule has 106 valence electrons. The van der Waals surface area contributed by atoms with Crippen molar-refractivity contribution in [2.45, 2.75) is 39.2 Å². The molecule has 1 atom stereocenters. The van der Waals surface area contributed by atoms with E-state index in [1.54, 1.807) is 0 Å². The minimum Gasteiger partial charge on any atom is -0.381 e. The Bertz CT molecular complexity index is 402. The smallest absolute Gasteiger partial charge is 0.0468 e. The molecule has 1 aliphatic rings. The number of nitrogens with one attached hydrogen (secondary N) is 1. The van der Waals surface area contributed by atoms with Gasteiger partial charge in [0.1, 0.15) is 0 Å². The van der Waals surface area contributed by atoms with Gasteiger partial charge in [0.05, 0.1) is 0 Å². The van der Waals surface area contributed by atoms with Crippen molar-refractivity contribution in [1.29, 1.82) is 0 Å². The maximum atomic E-state index is 5.46. The lowest BCUT2D eigenvalue weighted by atomic mass is 9.88. The Morgan fingerprint density at radius 2 is 2.11 bits per heavy atom. The van der Waals surface area contributed by atoms with Crippen LogP contribution in [0.1, 0.15) is 43.4 Å². The van der Waals surface area contributed by atoms with Gasteiger partial charge in [0.15, 0.2) is 0 Å². The molecule has 0 spiro atoms. The van der Waals surface area contributed by atoms with Crippen molar-refractivity contribution in [3.05, 3.63) is 33.8 Å². The molecule has 19 heavy (non-hydrogen) atoms. The zero-order valence-corrected chi connectivity index (χ0v) is 13.5. The molecule has 0 saturated carbocycles. The van der Waals surface area contributed by atoms with Gasteiger partial charge in [-0.1, -0.05) is 28.9 Å². The monoisotopic (exact) mass is 325 g/mol. The van der Waals surface area contributed by atoms with E-state index in [9.17, 15) is 0 Å². The molecule has 0 radical (unpaired) electrons. The molecule has 0 aliphatic carbocycles. The van der Waals surface area contributed by atoms with Crippen LogP contribution in [0.25, 0.3) is 0 Å². The lowest BCUT2D eigenvalue weighted by Gasteiger charge is -2.28. The molecule has 1 saturated heterocycles. The van der Waals surface area contributed by atoms with E-state index in [1.165, 1.54) is 30.4 Å². The zero-order chi connectivity index (χ0) is 13.7. The topological polar surface area (TPSA) is 21.3 Å². The third-order valence-corrected chi connectivity index (χ3v) is 4.46. The molecule has 3 heteroatoms. The van der Waals surface area contributed by atoms with Gasteiger partial charge in [-0.15, -0.1) is 0 Å². The fourth-order valence-corrected chi connectivity index (χ4v) is 3.39. The lowest BCUT2D eigenvalue weighted by molar-refractivity contribution is 0.0605. The molecule has 2 rings (SSSR count). The number of aryl methyl sites for hydroxylation is 1. The average Bonchev–Trinajstić information content (AvgIpc) is 2.39. The van der Waals surface area contributed by atoms with Gasteiger partial charge in [-0.25, -0.2) is 0 Å². The summed E-state index contributed by atoms with van der Waals surface area (Å²) in [5.74, 6) is 0.792. The van der Waals surface area contributed by atoms with E-state index in [2.05, 4.69) is 53.3 Å². The summed E-state index contributed by atoms with van der Waals surface area (Å²) in [5, 5.41) is 3.65. The van der Waals surface area contributed by atoms with Crippen molar-refractivity contribution in [2.24, 2.45) is 5.92 Å². The van der Waals surface area contributed by atoms with Gasteiger partial charge in [0.2, 0.25) is 0 Å². The number of rotatable bonds is 5. The van der Waals surface area contributed by atoms with Gasteiger partial charge in [-0.2, -0.15) is 0 Å². The molecule has 1 fully saturated rings. The first-order valence-electron chi connectivity index (χ1n) is 7.28. The Morgan fingerprint density at radius 3 is 2.74 bits per heavy atom. The van der Waals surface area contributed by atoms with Crippen LogP contribution < -0.4 is 5.32 Å². The molecular formula is C16H24BrNO. The average molecular weight is 326 g/mol. The molecule has 1 aromatic rings. The molecule has 0 bridgehead atoms. The van der Waals surface area contributed by atoms with E-state index >= 15 is 0 Å². The van der Waals surface area contributed by atoms with Crippen LogP contribution in [-0.4, -0.2) is 19.8 Å². The Balaban J connectivity index is 2.09. The summed E-state index contributed by atoms with van der Waals surface area (Å²) in [5.41, 5.74) is 2.81. The summed E-state index contributed by atoms with van der Waals surface area (Å²) < 4.78 is 6.62. The number of hydrogen-bond donors (Lipinski definition) is 1. The van der Waals surface area contributed by atoms with E-state index in [-0.39, 0.29) is 0 Å². The van der Waals surface area contributed by atoms with Crippen molar-refractivity contribution >= 4 is 15.9 Å². The van der Waals surface area contributed by atoms with Gasteiger partial charge in [-0.3, -0.25) is 0 Å². The first-order valence-corrected chi connectivity index (χ1v) is 8.07. The molecular weight excluding hydrogens is 302 g/mol. The first kappa shape index (κ1) is 15.0. The van der Waals surface area contributed by atoms with Crippen molar-refractivity contribution in [3.63, 3.8) is 0 Å². The Morgan fingerprint density at radius 1 is 1.37 bits per heavy atom. The van der Waals surface area contributed by atoms with E-state index in [1.807, 2.05) is 0 Å². The summed E-state index contributed by atoms with van der Waals surface area (Å²) in [4.78, 5) is 0. The number of ether oxygens (including phenoxy) is 1. The molecule has 1 unspecified atom stereocenters. The molecule has 1 aliphatic heterocycles. The van der Waals surface area contributed by atoms with Crippen molar-refractivity contribution in [2.75, 3.05) is 19.8 Å². The second-order valence-corrected chi connectivity index (χ2v) is 6.32. The maximum Gasteiger partial charge on any atom is 0.0468 e. The molecule has 0 aromatic heterocycles. The predicted octanol–water partition coefficient (Wildman–Crippen LogP) is 4.22. The van der Waals surface area contributed by atoms with E-state index < -0.39 is 0 Å². The molecule has 1 aromatic carbocycles. The molecule has 2 nitrogen and oxygen atoms in total. The summed E-state index contributed by atoms with van der Waals surface area (Å²) in [6, 6.07) is 7.09. The van der Waals surface area contributed by atoms with Crippen LogP contribution in [0.3, 0.4) is 0 Å². The summed E-state index contributed by atoms with van der Waals surface area (Å²) in [7, 11) is 0. The number of benzene rings is 1. The minimum absolute atomic E-state index is 0.473. The largest absolute Gasteiger partial charge is 0.381 e. The van der Waals surface area contributed by atoms with E-state index in [4.69, 9.17) is 4.74 Å². The van der Waals surface area contributed by atoms with Crippen molar-refractivity contribution in [3.8, 4) is 0 Å². The van der Waals surface area contributed by atoms with Crippen molar-refractivity contribution in [1.82, 2.24) is 5.32 Å². The highest BCUT2D eigenvalue weighted by molar-refractivity contribution is 9.10. The lowest BCUT2D eigenvalue weighted by Crippen LogP contribution is -2.26. The maximum absolute atomic E-state index is 5.46. The fraction of sp³-hybridized carbons (Fsp3) is 0.625. The standard InChI is InChI=1S/C16H24BrNO/c1-3-18-16(11-13-6-8-19-9-7-13)15-5-4-14(17)10-12(15)2/h4-5,10,13,16,18H,3,6-9,11H2,1-2H3. The van der Waals surface area contributed by atoms with Crippen LogP contribution in [0, 0.1) is 12.8 Å². The van der Waals surface area contributed by atoms with Gasteiger partial charge in [-0.05, 0) is 61.9 Å². The third-order valence-electron chi connectivity index (χ3n) is 3.97. The minimum atomic E-state index is 0.473. The van der Waals surface area contributed by atoms with Gasteiger partial charge < -0.3 is 10.1 Å². The highest BCUT2D eigenvalue weighted by atomic mass is 79.9. The Kier molecular flexibility index (Phi) is 5.86. The van der Waals surface area contributed by atoms with Gasteiger partial charge in [0.25, 0.3) is 0 Å². The number of halogens is 1. The normalized spacial score (nSPS) is 18.5. The Hall–Kier alpha value is -0.380. The number of hydrogen-bond acceptors (Lipinski definition) is 2. The second kappa shape index (κ2) is 7.41. The Labute approximate surface area is 125 Å². The van der Waals surface area contributed by atoms with Crippen LogP contribution in [-0.2, 0) is 4.74 Å². The molecule has 0 amide bonds. The zero-order valence-electron chi connectivity index (χ0n) is 11.9. The quantitative estimate of drug-likeness (QED) is 0.874. The molecule has 1 heterocycles. The fourth-order valence-electron chi connectivity index (χ4n) is 2.91. The van der Waals surface area contributed by atoms with Crippen LogP contribution in [0.5, 0.6) is 0 Å². The van der Waals surface area contributed by atoms with Crippen LogP contribution >= 0.6 is 15.9 Å². The highest BCUT2D eigenvalue weighted by Gasteiger charge is 2.21. The van der Waals surface area contributed by atoms with E-state index in [0.717, 1.165) is 30.1 Å². The summed E-state index contributed by atoms with van der Waals surface area (Å²) >= 11 is 3.55. The van der Waals surface area contributed by atoms with Gasteiger partial charge >= 0.3 is 0 Å². The van der Waals surface area contributed by atoms with Crippen LogP contribution in [0.4, 0.5) is 0 Å². The van der Waals surface area contributed by atoms with E-state index in [0.29, 0.717) is 6.04 Å². The SMILES string of the molecule is CCNC(CC1CCOCC1)c1ccc(Br)cc1C.